The molecule has 2 unspecified atom stereocenters. The first-order chi connectivity index (χ1) is 12.9. The Bertz CT molecular complexity index is 904. The number of hydrogen-bond acceptors (Lipinski definition) is 5. The number of aliphatic hydroxyl groups is 2. The van der Waals surface area contributed by atoms with Gasteiger partial charge in [0.25, 0.3) is 0 Å². The molecule has 0 amide bonds. The second kappa shape index (κ2) is 7.40. The molecule has 0 aliphatic heterocycles. The molecule has 0 saturated heterocycles. The molecule has 0 heterocycles. The van der Waals surface area contributed by atoms with Crippen LogP contribution in [0.5, 0.6) is 0 Å². The molecule has 0 aromatic heterocycles. The molecule has 5 heteroatoms. The van der Waals surface area contributed by atoms with Crippen LogP contribution >= 0.6 is 0 Å². The Morgan fingerprint density at radius 3 is 1.78 bits per heavy atom. The van der Waals surface area contributed by atoms with E-state index in [2.05, 4.69) is 0 Å². The van der Waals surface area contributed by atoms with Crippen molar-refractivity contribution in [3.8, 4) is 0 Å². The van der Waals surface area contributed by atoms with E-state index in [1.807, 2.05) is 0 Å². The van der Waals surface area contributed by atoms with Gasteiger partial charge >= 0.3 is 0 Å². The minimum Gasteiger partial charge on any atom is -0.374 e. The van der Waals surface area contributed by atoms with Crippen LogP contribution in [0.25, 0.3) is 0 Å². The Morgan fingerprint density at radius 1 is 0.815 bits per heavy atom. The first kappa shape index (κ1) is 18.9. The highest BCUT2D eigenvalue weighted by atomic mass is 16.4. The van der Waals surface area contributed by atoms with E-state index in [1.165, 1.54) is 42.5 Å². The lowest BCUT2D eigenvalue weighted by molar-refractivity contribution is -0.0516. The highest BCUT2D eigenvalue weighted by Gasteiger charge is 2.58. The number of carbonyl (C=O) groups is 2. The largest absolute Gasteiger partial charge is 0.374 e. The van der Waals surface area contributed by atoms with E-state index in [4.69, 9.17) is 5.73 Å². The van der Waals surface area contributed by atoms with Crippen LogP contribution in [0.3, 0.4) is 0 Å². The zero-order valence-electron chi connectivity index (χ0n) is 14.7. The summed E-state index contributed by atoms with van der Waals surface area (Å²) in [4.78, 5) is 26.2. The summed E-state index contributed by atoms with van der Waals surface area (Å²) >= 11 is 0. The third-order valence-corrected chi connectivity index (χ3v) is 4.71. The van der Waals surface area contributed by atoms with E-state index in [1.54, 1.807) is 36.4 Å². The van der Waals surface area contributed by atoms with Gasteiger partial charge in [-0.25, -0.2) is 0 Å². The van der Waals surface area contributed by atoms with E-state index in [0.717, 1.165) is 0 Å². The summed E-state index contributed by atoms with van der Waals surface area (Å²) < 4.78 is 0. The van der Waals surface area contributed by atoms with Crippen LogP contribution in [-0.4, -0.2) is 39.5 Å². The molecule has 2 aromatic carbocycles. The zero-order valence-corrected chi connectivity index (χ0v) is 14.7. The van der Waals surface area contributed by atoms with Crippen molar-refractivity contribution in [3.63, 3.8) is 0 Å². The van der Waals surface area contributed by atoms with Crippen molar-refractivity contribution in [1.82, 2.24) is 0 Å². The average molecular weight is 363 g/mol. The predicted octanol–water partition coefficient (Wildman–Crippen LogP) is 2.06. The van der Waals surface area contributed by atoms with Gasteiger partial charge in [0.2, 0.25) is 11.6 Å². The van der Waals surface area contributed by atoms with Gasteiger partial charge in [-0.2, -0.15) is 0 Å². The highest BCUT2D eigenvalue weighted by molar-refractivity contribution is 6.14. The number of benzene rings is 2. The van der Waals surface area contributed by atoms with Gasteiger partial charge in [0.15, 0.2) is 11.2 Å². The highest BCUT2D eigenvalue weighted by Crippen LogP contribution is 2.37. The van der Waals surface area contributed by atoms with Crippen LogP contribution < -0.4 is 5.73 Å². The van der Waals surface area contributed by atoms with Gasteiger partial charge in [-0.05, 0) is 30.7 Å². The van der Waals surface area contributed by atoms with Gasteiger partial charge < -0.3 is 15.9 Å². The van der Waals surface area contributed by atoms with Crippen LogP contribution in [0.15, 0.2) is 84.5 Å². The Balaban J connectivity index is 2.13. The van der Waals surface area contributed by atoms with Crippen molar-refractivity contribution in [2.45, 2.75) is 17.6 Å². The average Bonchev–Trinajstić information content (AvgIpc) is 2.71. The van der Waals surface area contributed by atoms with Crippen LogP contribution in [-0.2, 0) is 0 Å². The Morgan fingerprint density at radius 2 is 1.30 bits per heavy atom. The third-order valence-electron chi connectivity index (χ3n) is 4.71. The second-order valence-corrected chi connectivity index (χ2v) is 6.51. The number of carbonyl (C=O) groups excluding carboxylic acids is 2. The Kier molecular flexibility index (Phi) is 5.19. The molecule has 0 bridgehead atoms. The number of ketones is 2. The topological polar surface area (TPSA) is 101 Å². The lowest BCUT2D eigenvalue weighted by Gasteiger charge is -2.40. The molecule has 0 radical (unpaired) electrons. The summed E-state index contributed by atoms with van der Waals surface area (Å²) in [7, 11) is 0. The van der Waals surface area contributed by atoms with Gasteiger partial charge in [0.05, 0.1) is 0 Å². The van der Waals surface area contributed by atoms with Crippen molar-refractivity contribution < 1.29 is 19.8 Å². The first-order valence-electron chi connectivity index (χ1n) is 8.68. The summed E-state index contributed by atoms with van der Waals surface area (Å²) in [6.45, 7) is 0.302. The number of hydrogen-bond donors (Lipinski definition) is 3. The normalized spacial score (nSPS) is 24.3. The maximum Gasteiger partial charge on any atom is 0.202 e. The molecule has 3 rings (SSSR count). The van der Waals surface area contributed by atoms with Crippen molar-refractivity contribution in [2.75, 3.05) is 6.54 Å². The molecule has 1 aliphatic carbocycles. The maximum absolute atomic E-state index is 13.2. The van der Waals surface area contributed by atoms with E-state index in [0.29, 0.717) is 18.5 Å². The van der Waals surface area contributed by atoms with Gasteiger partial charge in [0, 0.05) is 11.1 Å². The van der Waals surface area contributed by atoms with Crippen molar-refractivity contribution in [3.05, 3.63) is 95.6 Å². The minimum atomic E-state index is -2.44. The van der Waals surface area contributed by atoms with E-state index < -0.39 is 22.8 Å². The smallest absolute Gasteiger partial charge is 0.202 e. The molecule has 138 valence electrons. The third kappa shape index (κ3) is 3.28. The van der Waals surface area contributed by atoms with Crippen LogP contribution in [0.4, 0.5) is 0 Å². The summed E-state index contributed by atoms with van der Waals surface area (Å²) in [6, 6.07) is 16.2. The molecule has 27 heavy (non-hydrogen) atoms. The van der Waals surface area contributed by atoms with Crippen molar-refractivity contribution in [2.24, 2.45) is 5.73 Å². The molecule has 4 N–H and O–H groups in total. The fourth-order valence-corrected chi connectivity index (χ4v) is 3.21. The molecule has 5 nitrogen and oxygen atoms in total. The van der Waals surface area contributed by atoms with E-state index in [-0.39, 0.29) is 11.1 Å². The Hall–Kier alpha value is -2.86. The Labute approximate surface area is 157 Å². The van der Waals surface area contributed by atoms with Gasteiger partial charge in [0.1, 0.15) is 0 Å². The summed E-state index contributed by atoms with van der Waals surface area (Å²) in [5.41, 5.74) is 1.67. The second-order valence-electron chi connectivity index (χ2n) is 6.51. The fourth-order valence-electron chi connectivity index (χ4n) is 3.21. The lowest BCUT2D eigenvalue weighted by atomic mass is 9.69. The van der Waals surface area contributed by atoms with Crippen LogP contribution in [0, 0.1) is 0 Å². The molecule has 2 atom stereocenters. The number of allylic oxidation sites excluding steroid dienone is 1. The monoisotopic (exact) mass is 363 g/mol. The molecule has 0 fully saturated rings. The number of rotatable bonds is 6. The predicted molar refractivity (Wildman–Crippen MR) is 102 cm³/mol. The first-order valence-corrected chi connectivity index (χ1v) is 8.68. The quantitative estimate of drug-likeness (QED) is 0.682. The van der Waals surface area contributed by atoms with Crippen LogP contribution in [0.1, 0.15) is 27.1 Å². The molecule has 2 aromatic rings. The van der Waals surface area contributed by atoms with Gasteiger partial charge in [-0.1, -0.05) is 66.7 Å². The number of Topliss-reactive ketones (excluding diaryl/α,β-unsaturated/α-hetero) is 2. The molecular weight excluding hydrogens is 342 g/mol. The maximum atomic E-state index is 13.2. The van der Waals surface area contributed by atoms with E-state index >= 15 is 0 Å². The fraction of sp³-hybridized carbons (Fsp3) is 0.182. The summed E-state index contributed by atoms with van der Waals surface area (Å²) in [5, 5.41) is 22.6. The van der Waals surface area contributed by atoms with Gasteiger partial charge in [-0.15, -0.1) is 0 Å². The van der Waals surface area contributed by atoms with Crippen molar-refractivity contribution >= 4 is 11.6 Å². The zero-order chi connectivity index (χ0) is 19.5. The standard InChI is InChI=1S/C22H21NO4/c23-14-12-16-11-13-21(26,19(24)17-7-3-1-4-8-17)22(27,15-16)20(25)18-9-5-2-6-10-18/h1-11,13,15,26-27H,12,14,23H2. The van der Waals surface area contributed by atoms with Crippen LogP contribution in [0.2, 0.25) is 0 Å². The molecular formula is C22H21NO4. The summed E-state index contributed by atoms with van der Waals surface area (Å²) in [6.07, 6.45) is 4.36. The SMILES string of the molecule is NCCC1=CC(O)(C(=O)c2ccccc2)C(O)(C(=O)c2ccccc2)C=C1. The lowest BCUT2D eigenvalue weighted by Crippen LogP contribution is -2.62. The minimum absolute atomic E-state index is 0.193. The molecule has 1 aliphatic rings. The van der Waals surface area contributed by atoms with E-state index in [9.17, 15) is 19.8 Å². The summed E-state index contributed by atoms with van der Waals surface area (Å²) in [5.74, 6) is -1.51. The molecule has 0 saturated carbocycles. The van der Waals surface area contributed by atoms with Gasteiger partial charge in [-0.3, -0.25) is 9.59 Å². The number of nitrogens with two attached hydrogens (primary N) is 1. The van der Waals surface area contributed by atoms with Crippen molar-refractivity contribution in [1.29, 1.82) is 0 Å². The molecule has 0 spiro atoms.